The summed E-state index contributed by atoms with van der Waals surface area (Å²) in [5, 5.41) is 2.93. The molecule has 0 bridgehead atoms. The van der Waals surface area contributed by atoms with Crippen molar-refractivity contribution in [2.24, 2.45) is 5.92 Å². The number of nitrogens with one attached hydrogen (secondary N) is 1. The number of carbonyl (C=O) groups excluding carboxylic acids is 1. The predicted octanol–water partition coefficient (Wildman–Crippen LogP) is 2.02. The summed E-state index contributed by atoms with van der Waals surface area (Å²) in [5.41, 5.74) is 0.332. The molecular weight excluding hydrogens is 200 g/mol. The van der Waals surface area contributed by atoms with Crippen LogP contribution in [0.3, 0.4) is 0 Å². The van der Waals surface area contributed by atoms with Gasteiger partial charge in [0.05, 0.1) is 0 Å². The second-order valence-electron chi connectivity index (χ2n) is 5.53. The Balaban J connectivity index is 2.31. The van der Waals surface area contributed by atoms with E-state index in [1.807, 2.05) is 0 Å². The van der Waals surface area contributed by atoms with Gasteiger partial charge in [0, 0.05) is 19.0 Å². The molecule has 1 heterocycles. The van der Waals surface area contributed by atoms with Crippen LogP contribution < -0.4 is 5.32 Å². The maximum atomic E-state index is 10.8. The van der Waals surface area contributed by atoms with Crippen molar-refractivity contribution in [2.45, 2.75) is 52.5 Å². The van der Waals surface area contributed by atoms with E-state index in [4.69, 9.17) is 0 Å². The van der Waals surface area contributed by atoms with Crippen molar-refractivity contribution in [3.8, 4) is 0 Å². The summed E-state index contributed by atoms with van der Waals surface area (Å²) in [5.74, 6) is 0.768. The first-order chi connectivity index (χ1) is 7.45. The van der Waals surface area contributed by atoms with Gasteiger partial charge in [0.1, 0.15) is 0 Å². The number of amides is 1. The first kappa shape index (κ1) is 13.5. The highest BCUT2D eigenvalue weighted by atomic mass is 16.1. The second kappa shape index (κ2) is 5.67. The van der Waals surface area contributed by atoms with Crippen molar-refractivity contribution in [1.29, 1.82) is 0 Å². The summed E-state index contributed by atoms with van der Waals surface area (Å²) in [6.45, 7) is 11.7. The molecule has 1 amide bonds. The molecule has 0 atom stereocenters. The Morgan fingerprint density at radius 3 is 2.38 bits per heavy atom. The van der Waals surface area contributed by atoms with Crippen LogP contribution in [0.5, 0.6) is 0 Å². The Morgan fingerprint density at radius 2 is 1.94 bits per heavy atom. The Labute approximate surface area is 99.6 Å². The summed E-state index contributed by atoms with van der Waals surface area (Å²) >= 11 is 0. The Morgan fingerprint density at radius 1 is 1.38 bits per heavy atom. The van der Waals surface area contributed by atoms with Gasteiger partial charge in [-0.25, -0.2) is 0 Å². The predicted molar refractivity (Wildman–Crippen MR) is 67.4 cm³/mol. The largest absolute Gasteiger partial charge is 0.356 e. The minimum absolute atomic E-state index is 0.0938. The zero-order chi connectivity index (χ0) is 12.2. The van der Waals surface area contributed by atoms with Crippen LogP contribution in [0.4, 0.5) is 0 Å². The first-order valence-electron chi connectivity index (χ1n) is 6.45. The topological polar surface area (TPSA) is 32.3 Å². The highest BCUT2D eigenvalue weighted by Crippen LogP contribution is 2.25. The zero-order valence-corrected chi connectivity index (χ0v) is 11.2. The van der Waals surface area contributed by atoms with Crippen LogP contribution in [0, 0.1) is 5.92 Å². The first-order valence-corrected chi connectivity index (χ1v) is 6.45. The number of piperidine rings is 1. The van der Waals surface area contributed by atoms with E-state index in [1.165, 1.54) is 32.4 Å². The van der Waals surface area contributed by atoms with Gasteiger partial charge in [0.25, 0.3) is 0 Å². The van der Waals surface area contributed by atoms with Gasteiger partial charge < -0.3 is 5.32 Å². The van der Waals surface area contributed by atoms with Crippen LogP contribution in [0.15, 0.2) is 0 Å². The molecule has 3 nitrogen and oxygen atoms in total. The number of carbonyl (C=O) groups is 1. The third-order valence-electron chi connectivity index (χ3n) is 3.98. The minimum atomic E-state index is 0.0938. The van der Waals surface area contributed by atoms with Crippen LogP contribution >= 0.6 is 0 Å². The minimum Gasteiger partial charge on any atom is -0.356 e. The van der Waals surface area contributed by atoms with Crippen molar-refractivity contribution in [3.63, 3.8) is 0 Å². The lowest BCUT2D eigenvalue weighted by Gasteiger charge is -2.42. The molecule has 0 radical (unpaired) electrons. The molecule has 0 aromatic heterocycles. The fraction of sp³-hybridized carbons (Fsp3) is 0.923. The Hall–Kier alpha value is -0.570. The van der Waals surface area contributed by atoms with Gasteiger partial charge in [0.15, 0.2) is 0 Å². The second-order valence-corrected chi connectivity index (χ2v) is 5.53. The number of rotatable bonds is 4. The van der Waals surface area contributed by atoms with Crippen LogP contribution in [-0.4, -0.2) is 36.0 Å². The molecule has 0 aromatic carbocycles. The van der Waals surface area contributed by atoms with E-state index in [-0.39, 0.29) is 5.91 Å². The van der Waals surface area contributed by atoms with Crippen LogP contribution in [0.1, 0.15) is 47.0 Å². The van der Waals surface area contributed by atoms with Crippen molar-refractivity contribution >= 4 is 5.91 Å². The fourth-order valence-corrected chi connectivity index (χ4v) is 2.25. The molecule has 0 aliphatic carbocycles. The van der Waals surface area contributed by atoms with Crippen molar-refractivity contribution in [2.75, 3.05) is 19.6 Å². The molecule has 3 heteroatoms. The maximum Gasteiger partial charge on any atom is 0.216 e. The van der Waals surface area contributed by atoms with Crippen molar-refractivity contribution < 1.29 is 4.79 Å². The number of hydrogen-bond acceptors (Lipinski definition) is 2. The van der Waals surface area contributed by atoms with E-state index in [0.717, 1.165) is 6.54 Å². The van der Waals surface area contributed by atoms with E-state index in [2.05, 4.69) is 31.0 Å². The van der Waals surface area contributed by atoms with Crippen LogP contribution in [-0.2, 0) is 4.79 Å². The maximum absolute atomic E-state index is 10.8. The average molecular weight is 226 g/mol. The molecule has 0 aromatic rings. The molecule has 1 rings (SSSR count). The van der Waals surface area contributed by atoms with Gasteiger partial charge in [-0.2, -0.15) is 0 Å². The number of likely N-dealkylation sites (tertiary alicyclic amines) is 1. The third-order valence-corrected chi connectivity index (χ3v) is 3.98. The third kappa shape index (κ3) is 3.78. The summed E-state index contributed by atoms with van der Waals surface area (Å²) in [6, 6.07) is 0. The summed E-state index contributed by atoms with van der Waals surface area (Å²) in [7, 11) is 0. The Kier molecular flexibility index (Phi) is 4.78. The van der Waals surface area contributed by atoms with Crippen LogP contribution in [0.25, 0.3) is 0 Å². The molecule has 16 heavy (non-hydrogen) atoms. The van der Waals surface area contributed by atoms with Crippen LogP contribution in [0.2, 0.25) is 0 Å². The van der Waals surface area contributed by atoms with E-state index < -0.39 is 0 Å². The van der Waals surface area contributed by atoms with Gasteiger partial charge >= 0.3 is 0 Å². The van der Waals surface area contributed by atoms with Crippen molar-refractivity contribution in [1.82, 2.24) is 10.2 Å². The van der Waals surface area contributed by atoms with Gasteiger partial charge in [-0.3, -0.25) is 9.69 Å². The molecule has 1 N–H and O–H groups in total. The zero-order valence-electron chi connectivity index (χ0n) is 11.2. The van der Waals surface area contributed by atoms with E-state index in [0.29, 0.717) is 11.5 Å². The molecule has 0 saturated carbocycles. The van der Waals surface area contributed by atoms with Crippen molar-refractivity contribution in [3.05, 3.63) is 0 Å². The highest BCUT2D eigenvalue weighted by Gasteiger charge is 2.28. The van der Waals surface area contributed by atoms with Gasteiger partial charge in [-0.05, 0) is 52.1 Å². The molecular formula is C13H26N2O. The van der Waals surface area contributed by atoms with Gasteiger partial charge in [0.2, 0.25) is 5.91 Å². The highest BCUT2D eigenvalue weighted by molar-refractivity contribution is 5.72. The Bertz CT molecular complexity index is 230. The van der Waals surface area contributed by atoms with Gasteiger partial charge in [-0.1, -0.05) is 6.92 Å². The van der Waals surface area contributed by atoms with Gasteiger partial charge in [-0.15, -0.1) is 0 Å². The van der Waals surface area contributed by atoms with E-state index in [1.54, 1.807) is 6.92 Å². The molecule has 1 fully saturated rings. The summed E-state index contributed by atoms with van der Waals surface area (Å²) in [4.78, 5) is 13.4. The smallest absolute Gasteiger partial charge is 0.216 e. The van der Waals surface area contributed by atoms with E-state index in [9.17, 15) is 4.79 Å². The number of hydrogen-bond donors (Lipinski definition) is 1. The quantitative estimate of drug-likeness (QED) is 0.795. The normalized spacial score (nSPS) is 19.8. The standard InChI is InChI=1S/C13H26N2O/c1-5-13(3,4)15-8-6-12(7-9-15)10-14-11(2)16/h12H,5-10H2,1-4H3,(H,14,16). The molecule has 94 valence electrons. The molecule has 0 spiro atoms. The molecule has 0 unspecified atom stereocenters. The lowest BCUT2D eigenvalue weighted by Crippen LogP contribution is -2.48. The molecule has 1 aliphatic rings. The average Bonchev–Trinajstić information content (AvgIpc) is 2.27. The molecule has 1 saturated heterocycles. The fourth-order valence-electron chi connectivity index (χ4n) is 2.25. The number of nitrogens with zero attached hydrogens (tertiary/aromatic N) is 1. The molecule has 1 aliphatic heterocycles. The SMILES string of the molecule is CCC(C)(C)N1CCC(CNC(C)=O)CC1. The lowest BCUT2D eigenvalue weighted by molar-refractivity contribution is -0.119. The lowest BCUT2D eigenvalue weighted by atomic mass is 9.91. The summed E-state index contributed by atoms with van der Waals surface area (Å²) in [6.07, 6.45) is 3.62. The monoisotopic (exact) mass is 226 g/mol. The van der Waals surface area contributed by atoms with E-state index >= 15 is 0 Å². The summed E-state index contributed by atoms with van der Waals surface area (Å²) < 4.78 is 0.